The largest absolute Gasteiger partial charge is 0.478 e. The molecule has 0 saturated heterocycles. The van der Waals surface area contributed by atoms with E-state index >= 15 is 0 Å². The lowest BCUT2D eigenvalue weighted by Gasteiger charge is -2.12. The number of rotatable bonds is 8. The first-order valence-electron chi connectivity index (χ1n) is 8.19. The number of nitrogens with zero attached hydrogens (tertiary/aromatic N) is 1. The monoisotopic (exact) mass is 357 g/mol. The van der Waals surface area contributed by atoms with E-state index in [4.69, 9.17) is 4.74 Å². The van der Waals surface area contributed by atoms with E-state index in [9.17, 15) is 24.8 Å². The Balaban J connectivity index is 2.39. The van der Waals surface area contributed by atoms with Gasteiger partial charge in [-0.25, -0.2) is 9.59 Å². The zero-order valence-electron chi connectivity index (χ0n) is 14.3. The second-order valence-corrected chi connectivity index (χ2v) is 5.76. The van der Waals surface area contributed by atoms with Gasteiger partial charge >= 0.3 is 11.9 Å². The van der Waals surface area contributed by atoms with E-state index in [0.29, 0.717) is 12.8 Å². The van der Waals surface area contributed by atoms with Crippen LogP contribution in [-0.4, -0.2) is 22.0 Å². The van der Waals surface area contributed by atoms with Crippen molar-refractivity contribution in [1.82, 2.24) is 0 Å². The van der Waals surface area contributed by atoms with Crippen LogP contribution in [0.4, 0.5) is 5.69 Å². The molecule has 2 aromatic rings. The highest BCUT2D eigenvalue weighted by atomic mass is 16.6. The molecule has 136 valence electrons. The van der Waals surface area contributed by atoms with E-state index in [1.54, 1.807) is 24.3 Å². The van der Waals surface area contributed by atoms with E-state index in [2.05, 4.69) is 0 Å². The fraction of sp³-hybridized carbons (Fsp3) is 0.263. The number of carboxylic acid groups (broad SMARTS) is 1. The quantitative estimate of drug-likeness (QED) is 0.435. The Morgan fingerprint density at radius 1 is 1.19 bits per heavy atom. The summed E-state index contributed by atoms with van der Waals surface area (Å²) < 4.78 is 5.17. The van der Waals surface area contributed by atoms with Crippen molar-refractivity contribution in [3.8, 4) is 0 Å². The third kappa shape index (κ3) is 4.66. The molecule has 0 saturated carbocycles. The SMILES string of the molecule is CCCCc1cc([N+](=O)[O-])cc(C(=O)OCc2ccccc2)c1C(=O)O. The van der Waals surface area contributed by atoms with Gasteiger partial charge in [-0.3, -0.25) is 10.1 Å². The fourth-order valence-electron chi connectivity index (χ4n) is 2.57. The molecule has 0 aromatic heterocycles. The average molecular weight is 357 g/mol. The molecule has 0 fully saturated rings. The topological polar surface area (TPSA) is 107 Å². The molecule has 26 heavy (non-hydrogen) atoms. The number of nitro benzene ring substituents is 1. The predicted octanol–water partition coefficient (Wildman–Crippen LogP) is 3.99. The van der Waals surface area contributed by atoms with Crippen LogP contribution in [0.3, 0.4) is 0 Å². The van der Waals surface area contributed by atoms with E-state index in [0.717, 1.165) is 18.1 Å². The number of carbonyl (C=O) groups excluding carboxylic acids is 1. The summed E-state index contributed by atoms with van der Waals surface area (Å²) in [6, 6.07) is 11.1. The maximum Gasteiger partial charge on any atom is 0.339 e. The van der Waals surface area contributed by atoms with E-state index in [1.807, 2.05) is 13.0 Å². The van der Waals surface area contributed by atoms with E-state index in [1.165, 1.54) is 6.07 Å². The van der Waals surface area contributed by atoms with Gasteiger partial charge in [0, 0.05) is 12.1 Å². The molecule has 0 aliphatic rings. The Kier molecular flexibility index (Phi) is 6.43. The van der Waals surface area contributed by atoms with Crippen molar-refractivity contribution in [2.45, 2.75) is 32.8 Å². The summed E-state index contributed by atoms with van der Waals surface area (Å²) in [5, 5.41) is 20.7. The second kappa shape index (κ2) is 8.75. The first-order valence-corrected chi connectivity index (χ1v) is 8.19. The Morgan fingerprint density at radius 3 is 2.46 bits per heavy atom. The molecule has 0 amide bonds. The van der Waals surface area contributed by atoms with Gasteiger partial charge in [0.25, 0.3) is 5.69 Å². The number of aromatic carboxylic acids is 1. The van der Waals surface area contributed by atoms with Gasteiger partial charge in [-0.05, 0) is 24.0 Å². The number of esters is 1. The first kappa shape index (κ1) is 19.1. The molecule has 7 nitrogen and oxygen atoms in total. The van der Waals surface area contributed by atoms with Crippen molar-refractivity contribution in [3.63, 3.8) is 0 Å². The van der Waals surface area contributed by atoms with Gasteiger partial charge in [-0.15, -0.1) is 0 Å². The number of non-ortho nitro benzene ring substituents is 1. The number of nitro groups is 1. The Hall–Kier alpha value is -3.22. The number of benzene rings is 2. The molecule has 0 heterocycles. The molecule has 2 aromatic carbocycles. The van der Waals surface area contributed by atoms with Gasteiger partial charge < -0.3 is 9.84 Å². The molecule has 0 radical (unpaired) electrons. The molecule has 0 bridgehead atoms. The van der Waals surface area contributed by atoms with Crippen LogP contribution < -0.4 is 0 Å². The minimum Gasteiger partial charge on any atom is -0.478 e. The van der Waals surface area contributed by atoms with Crippen LogP contribution in [0.15, 0.2) is 42.5 Å². The van der Waals surface area contributed by atoms with Crippen LogP contribution >= 0.6 is 0 Å². The van der Waals surface area contributed by atoms with E-state index in [-0.39, 0.29) is 29.0 Å². The molecule has 2 rings (SSSR count). The van der Waals surface area contributed by atoms with Gasteiger partial charge in [0.2, 0.25) is 0 Å². The predicted molar refractivity (Wildman–Crippen MR) is 94.2 cm³/mol. The fourth-order valence-corrected chi connectivity index (χ4v) is 2.57. The maximum atomic E-state index is 12.4. The zero-order valence-corrected chi connectivity index (χ0v) is 14.3. The lowest BCUT2D eigenvalue weighted by molar-refractivity contribution is -0.385. The lowest BCUT2D eigenvalue weighted by Crippen LogP contribution is -2.15. The Bertz CT molecular complexity index is 816. The van der Waals surface area contributed by atoms with Gasteiger partial charge in [0.15, 0.2) is 0 Å². The zero-order chi connectivity index (χ0) is 19.1. The van der Waals surface area contributed by atoms with Gasteiger partial charge in [-0.2, -0.15) is 0 Å². The number of carbonyl (C=O) groups is 2. The highest BCUT2D eigenvalue weighted by Gasteiger charge is 2.26. The minimum absolute atomic E-state index is 0.0499. The maximum absolute atomic E-state index is 12.4. The highest BCUT2D eigenvalue weighted by Crippen LogP contribution is 2.25. The number of aryl methyl sites for hydroxylation is 1. The van der Waals surface area contributed by atoms with Crippen molar-refractivity contribution in [2.75, 3.05) is 0 Å². The Morgan fingerprint density at radius 2 is 1.88 bits per heavy atom. The van der Waals surface area contributed by atoms with Crippen LogP contribution in [0.5, 0.6) is 0 Å². The molecule has 0 atom stereocenters. The number of carboxylic acids is 1. The van der Waals surface area contributed by atoms with Crippen LogP contribution in [0.1, 0.15) is 51.6 Å². The van der Waals surface area contributed by atoms with Gasteiger partial charge in [0.05, 0.1) is 16.1 Å². The number of ether oxygens (including phenoxy) is 1. The van der Waals surface area contributed by atoms with Crippen molar-refractivity contribution < 1.29 is 24.4 Å². The molecular weight excluding hydrogens is 338 g/mol. The first-order chi connectivity index (χ1) is 12.4. The van der Waals surface area contributed by atoms with Crippen LogP contribution in [-0.2, 0) is 17.8 Å². The standard InChI is InChI=1S/C19H19NO6/c1-2-3-9-14-10-15(20(24)25)11-16(17(14)18(21)22)19(23)26-12-13-7-5-4-6-8-13/h4-8,10-11H,2-3,9,12H2,1H3,(H,21,22). The van der Waals surface area contributed by atoms with Crippen molar-refractivity contribution in [3.05, 3.63) is 74.8 Å². The third-order valence-electron chi connectivity index (χ3n) is 3.86. The summed E-state index contributed by atoms with van der Waals surface area (Å²) in [5.74, 6) is -2.20. The van der Waals surface area contributed by atoms with Crippen LogP contribution in [0.25, 0.3) is 0 Å². The normalized spacial score (nSPS) is 10.3. The lowest BCUT2D eigenvalue weighted by atomic mass is 9.96. The summed E-state index contributed by atoms with van der Waals surface area (Å²) in [6.07, 6.45) is 1.77. The summed E-state index contributed by atoms with van der Waals surface area (Å²) in [7, 11) is 0. The summed E-state index contributed by atoms with van der Waals surface area (Å²) >= 11 is 0. The van der Waals surface area contributed by atoms with E-state index < -0.39 is 16.9 Å². The molecule has 1 N–H and O–H groups in total. The van der Waals surface area contributed by atoms with Crippen LogP contribution in [0.2, 0.25) is 0 Å². The Labute approximate surface area is 150 Å². The summed E-state index contributed by atoms with van der Waals surface area (Å²) in [4.78, 5) is 34.6. The minimum atomic E-state index is -1.31. The molecular formula is C19H19NO6. The van der Waals surface area contributed by atoms with Gasteiger partial charge in [0.1, 0.15) is 6.61 Å². The number of hydrogen-bond acceptors (Lipinski definition) is 5. The second-order valence-electron chi connectivity index (χ2n) is 5.76. The van der Waals surface area contributed by atoms with Gasteiger partial charge in [-0.1, -0.05) is 43.7 Å². The molecule has 0 aliphatic carbocycles. The molecule has 0 spiro atoms. The van der Waals surface area contributed by atoms with Crippen molar-refractivity contribution in [2.24, 2.45) is 0 Å². The smallest absolute Gasteiger partial charge is 0.339 e. The average Bonchev–Trinajstić information content (AvgIpc) is 2.64. The van der Waals surface area contributed by atoms with Crippen LogP contribution in [0, 0.1) is 10.1 Å². The molecule has 0 unspecified atom stereocenters. The molecule has 7 heteroatoms. The number of unbranched alkanes of at least 4 members (excludes halogenated alkanes) is 1. The van der Waals surface area contributed by atoms with Crippen molar-refractivity contribution in [1.29, 1.82) is 0 Å². The third-order valence-corrected chi connectivity index (χ3v) is 3.86. The highest BCUT2D eigenvalue weighted by molar-refractivity contribution is 6.04. The van der Waals surface area contributed by atoms with Crippen molar-refractivity contribution >= 4 is 17.6 Å². The molecule has 0 aliphatic heterocycles. The number of hydrogen-bond donors (Lipinski definition) is 1. The summed E-state index contributed by atoms with van der Waals surface area (Å²) in [5.41, 5.74) is 0.137. The summed E-state index contributed by atoms with van der Waals surface area (Å²) in [6.45, 7) is 1.87.